The molecule has 1 aliphatic rings. The molecule has 0 spiro atoms. The highest BCUT2D eigenvalue weighted by Crippen LogP contribution is 2.22. The molecule has 156 valence electrons. The van der Waals surface area contributed by atoms with Crippen LogP contribution in [0.5, 0.6) is 5.75 Å². The first-order chi connectivity index (χ1) is 15.3. The maximum absolute atomic E-state index is 12.9. The van der Waals surface area contributed by atoms with Gasteiger partial charge in [-0.25, -0.2) is 9.97 Å². The van der Waals surface area contributed by atoms with E-state index in [0.29, 0.717) is 23.6 Å². The standard InChI is InChI=1S/C24H22N4O3/c29-24(19-7-1-4-10-22(19)31-15-18-6-5-13-30-18)27-17-11-12-23(25-14-17)28-16-26-20-8-2-3-9-21(20)28/h1-4,7-12,14,16,18H,5-6,13,15H2,(H,27,29)/t18-/m0/s1. The molecule has 2 aromatic carbocycles. The second-order valence-corrected chi connectivity index (χ2v) is 7.40. The molecule has 0 radical (unpaired) electrons. The predicted octanol–water partition coefficient (Wildman–Crippen LogP) is 4.23. The van der Waals surface area contributed by atoms with Gasteiger partial charge < -0.3 is 14.8 Å². The van der Waals surface area contributed by atoms with Gasteiger partial charge in [0.15, 0.2) is 0 Å². The second-order valence-electron chi connectivity index (χ2n) is 7.40. The molecule has 2 aromatic heterocycles. The number of nitrogens with zero attached hydrogens (tertiary/aromatic N) is 3. The quantitative estimate of drug-likeness (QED) is 0.511. The Morgan fingerprint density at radius 2 is 1.97 bits per heavy atom. The molecule has 1 aliphatic heterocycles. The minimum Gasteiger partial charge on any atom is -0.490 e. The number of imidazole rings is 1. The molecule has 5 rings (SSSR count). The zero-order valence-corrected chi connectivity index (χ0v) is 16.9. The molecule has 7 nitrogen and oxygen atoms in total. The summed E-state index contributed by atoms with van der Waals surface area (Å²) in [4.78, 5) is 21.7. The average Bonchev–Trinajstić information content (AvgIpc) is 3.48. The van der Waals surface area contributed by atoms with Gasteiger partial charge in [-0.05, 0) is 49.2 Å². The van der Waals surface area contributed by atoms with Crippen LogP contribution in [-0.2, 0) is 4.74 Å². The van der Waals surface area contributed by atoms with Crippen molar-refractivity contribution in [2.24, 2.45) is 0 Å². The van der Waals surface area contributed by atoms with Gasteiger partial charge in [-0.15, -0.1) is 0 Å². The zero-order chi connectivity index (χ0) is 21.0. The number of hydrogen-bond acceptors (Lipinski definition) is 5. The first-order valence-electron chi connectivity index (χ1n) is 10.3. The van der Waals surface area contributed by atoms with Crippen molar-refractivity contribution in [3.8, 4) is 11.6 Å². The lowest BCUT2D eigenvalue weighted by atomic mass is 10.2. The fourth-order valence-corrected chi connectivity index (χ4v) is 3.68. The van der Waals surface area contributed by atoms with Crippen LogP contribution < -0.4 is 10.1 Å². The van der Waals surface area contributed by atoms with Gasteiger partial charge in [-0.2, -0.15) is 0 Å². The number of fused-ring (bicyclic) bond motifs is 1. The number of carbonyl (C=O) groups is 1. The third-order valence-electron chi connectivity index (χ3n) is 5.29. The number of ether oxygens (including phenoxy) is 2. The average molecular weight is 414 g/mol. The van der Waals surface area contributed by atoms with Crippen molar-refractivity contribution in [3.05, 3.63) is 78.8 Å². The summed E-state index contributed by atoms with van der Waals surface area (Å²) >= 11 is 0. The first-order valence-corrected chi connectivity index (χ1v) is 10.3. The molecule has 0 bridgehead atoms. The Hall–Kier alpha value is -3.71. The lowest BCUT2D eigenvalue weighted by molar-refractivity contribution is 0.0673. The summed E-state index contributed by atoms with van der Waals surface area (Å²) < 4.78 is 13.4. The minimum absolute atomic E-state index is 0.0899. The number of pyridine rings is 1. The van der Waals surface area contributed by atoms with Crippen LogP contribution in [0.1, 0.15) is 23.2 Å². The molecular formula is C24H22N4O3. The highest BCUT2D eigenvalue weighted by molar-refractivity contribution is 6.06. The number of carbonyl (C=O) groups excluding carboxylic acids is 1. The van der Waals surface area contributed by atoms with E-state index in [1.165, 1.54) is 0 Å². The van der Waals surface area contributed by atoms with Crippen LogP contribution in [0, 0.1) is 0 Å². The smallest absolute Gasteiger partial charge is 0.259 e. The van der Waals surface area contributed by atoms with Crippen LogP contribution in [0.15, 0.2) is 73.2 Å². The number of nitrogens with one attached hydrogen (secondary N) is 1. The van der Waals surface area contributed by atoms with Gasteiger partial charge >= 0.3 is 0 Å². The lowest BCUT2D eigenvalue weighted by Gasteiger charge is -2.14. The maximum Gasteiger partial charge on any atom is 0.259 e. The molecule has 0 saturated carbocycles. The van der Waals surface area contributed by atoms with Crippen molar-refractivity contribution in [2.75, 3.05) is 18.5 Å². The fraction of sp³-hybridized carbons (Fsp3) is 0.208. The SMILES string of the molecule is O=C(Nc1ccc(-n2cnc3ccccc32)nc1)c1ccccc1OC[C@@H]1CCCO1. The molecule has 1 atom stereocenters. The monoisotopic (exact) mass is 414 g/mol. The molecule has 4 aromatic rings. The van der Waals surface area contributed by atoms with E-state index in [2.05, 4.69) is 15.3 Å². The van der Waals surface area contributed by atoms with Crippen molar-refractivity contribution in [2.45, 2.75) is 18.9 Å². The molecule has 0 aliphatic carbocycles. The van der Waals surface area contributed by atoms with E-state index in [1.54, 1.807) is 24.7 Å². The molecule has 31 heavy (non-hydrogen) atoms. The lowest BCUT2D eigenvalue weighted by Crippen LogP contribution is -2.19. The molecule has 1 amide bonds. The number of para-hydroxylation sites is 3. The van der Waals surface area contributed by atoms with E-state index in [4.69, 9.17) is 9.47 Å². The van der Waals surface area contributed by atoms with E-state index < -0.39 is 0 Å². The molecule has 1 fully saturated rings. The summed E-state index contributed by atoms with van der Waals surface area (Å²) in [6.07, 6.45) is 5.50. The van der Waals surface area contributed by atoms with Gasteiger partial charge in [-0.1, -0.05) is 24.3 Å². The molecule has 3 heterocycles. The highest BCUT2D eigenvalue weighted by Gasteiger charge is 2.18. The molecule has 1 N–H and O–H groups in total. The Kier molecular flexibility index (Phi) is 5.33. The van der Waals surface area contributed by atoms with Gasteiger partial charge in [0.05, 0.1) is 34.6 Å². The minimum atomic E-state index is -0.245. The third-order valence-corrected chi connectivity index (χ3v) is 5.29. The summed E-state index contributed by atoms with van der Waals surface area (Å²) in [5.74, 6) is 1.03. The first kappa shape index (κ1) is 19.3. The van der Waals surface area contributed by atoms with E-state index in [0.717, 1.165) is 36.3 Å². The number of rotatable bonds is 6. The van der Waals surface area contributed by atoms with Gasteiger partial charge in [-0.3, -0.25) is 9.36 Å². The van der Waals surface area contributed by atoms with Crippen LogP contribution in [0.25, 0.3) is 16.9 Å². The Balaban J connectivity index is 1.30. The Labute approximate surface area is 179 Å². The largest absolute Gasteiger partial charge is 0.490 e. The summed E-state index contributed by atoms with van der Waals surface area (Å²) in [6, 6.07) is 18.8. The van der Waals surface area contributed by atoms with Gasteiger partial charge in [0.2, 0.25) is 0 Å². The number of benzene rings is 2. The predicted molar refractivity (Wildman–Crippen MR) is 118 cm³/mol. The van der Waals surface area contributed by atoms with Crippen molar-refractivity contribution in [1.29, 1.82) is 0 Å². The molecule has 7 heteroatoms. The van der Waals surface area contributed by atoms with E-state index in [9.17, 15) is 4.79 Å². The number of anilines is 1. The van der Waals surface area contributed by atoms with Crippen molar-refractivity contribution in [1.82, 2.24) is 14.5 Å². The van der Waals surface area contributed by atoms with E-state index in [-0.39, 0.29) is 12.0 Å². The molecule has 1 saturated heterocycles. The molecule has 0 unspecified atom stereocenters. The van der Waals surface area contributed by atoms with Crippen LogP contribution in [-0.4, -0.2) is 39.8 Å². The van der Waals surface area contributed by atoms with Crippen molar-refractivity contribution >= 4 is 22.6 Å². The highest BCUT2D eigenvalue weighted by atomic mass is 16.5. The third kappa shape index (κ3) is 4.13. The summed E-state index contributed by atoms with van der Waals surface area (Å²) in [5.41, 5.74) is 2.96. The van der Waals surface area contributed by atoms with Crippen LogP contribution in [0.2, 0.25) is 0 Å². The Morgan fingerprint density at radius 3 is 2.81 bits per heavy atom. The van der Waals surface area contributed by atoms with Gasteiger partial charge in [0.1, 0.15) is 24.5 Å². The van der Waals surface area contributed by atoms with Crippen molar-refractivity contribution < 1.29 is 14.3 Å². The van der Waals surface area contributed by atoms with E-state index >= 15 is 0 Å². The molecular weight excluding hydrogens is 392 g/mol. The zero-order valence-electron chi connectivity index (χ0n) is 16.9. The number of aromatic nitrogens is 3. The van der Waals surface area contributed by atoms with Gasteiger partial charge in [0.25, 0.3) is 5.91 Å². The summed E-state index contributed by atoms with van der Waals surface area (Å²) in [6.45, 7) is 1.22. The second kappa shape index (κ2) is 8.57. The van der Waals surface area contributed by atoms with Crippen molar-refractivity contribution in [3.63, 3.8) is 0 Å². The van der Waals surface area contributed by atoms with Crippen LogP contribution in [0.3, 0.4) is 0 Å². The summed E-state index contributed by atoms with van der Waals surface area (Å²) in [5, 5.41) is 2.90. The normalized spacial score (nSPS) is 15.8. The number of hydrogen-bond donors (Lipinski definition) is 1. The maximum atomic E-state index is 12.9. The van der Waals surface area contributed by atoms with Crippen LogP contribution >= 0.6 is 0 Å². The Morgan fingerprint density at radius 1 is 1.10 bits per heavy atom. The van der Waals surface area contributed by atoms with E-state index in [1.807, 2.05) is 53.1 Å². The topological polar surface area (TPSA) is 78.3 Å². The van der Waals surface area contributed by atoms with Gasteiger partial charge in [0, 0.05) is 6.61 Å². The summed E-state index contributed by atoms with van der Waals surface area (Å²) in [7, 11) is 0. The number of amides is 1. The Bertz CT molecular complexity index is 1200. The van der Waals surface area contributed by atoms with Crippen LogP contribution in [0.4, 0.5) is 5.69 Å². The fourth-order valence-electron chi connectivity index (χ4n) is 3.68.